The van der Waals surface area contributed by atoms with Crippen LogP contribution >= 0.6 is 0 Å². The molecule has 0 aliphatic heterocycles. The standard InChI is InChI=1S/C18H39N5O2/c1-9-12-23(10-2)13-11-20-15(19-8)21-14-18(6,7)22-16(24)25-17(3,4)5/h9-14H2,1-8H3,(H,22,24)(H2,19,20,21). The van der Waals surface area contributed by atoms with E-state index >= 15 is 0 Å². The quantitative estimate of drug-likeness (QED) is 0.435. The van der Waals surface area contributed by atoms with Crippen LogP contribution in [-0.2, 0) is 4.74 Å². The van der Waals surface area contributed by atoms with Crippen LogP contribution in [0.25, 0.3) is 0 Å². The van der Waals surface area contributed by atoms with E-state index in [4.69, 9.17) is 4.74 Å². The van der Waals surface area contributed by atoms with Gasteiger partial charge in [-0.2, -0.15) is 0 Å². The minimum absolute atomic E-state index is 0.416. The maximum atomic E-state index is 11.9. The Hall–Kier alpha value is -1.50. The summed E-state index contributed by atoms with van der Waals surface area (Å²) in [6.45, 7) is 18.3. The number of ether oxygens (including phenoxy) is 1. The van der Waals surface area contributed by atoms with Crippen LogP contribution in [0.15, 0.2) is 4.99 Å². The smallest absolute Gasteiger partial charge is 0.408 e. The van der Waals surface area contributed by atoms with Crippen LogP contribution in [0.4, 0.5) is 4.79 Å². The summed E-state index contributed by atoms with van der Waals surface area (Å²) in [6.07, 6.45) is 0.742. The van der Waals surface area contributed by atoms with E-state index in [1.807, 2.05) is 34.6 Å². The summed E-state index contributed by atoms with van der Waals surface area (Å²) < 4.78 is 5.30. The second-order valence-corrected chi connectivity index (χ2v) is 7.80. The average molecular weight is 358 g/mol. The van der Waals surface area contributed by atoms with Gasteiger partial charge in [-0.15, -0.1) is 0 Å². The first-order chi connectivity index (χ1) is 11.5. The Morgan fingerprint density at radius 1 is 1.08 bits per heavy atom. The molecule has 148 valence electrons. The maximum Gasteiger partial charge on any atom is 0.408 e. The summed E-state index contributed by atoms with van der Waals surface area (Å²) in [4.78, 5) is 18.5. The molecule has 0 fully saturated rings. The summed E-state index contributed by atoms with van der Waals surface area (Å²) in [7, 11) is 1.74. The number of rotatable bonds is 9. The monoisotopic (exact) mass is 357 g/mol. The van der Waals surface area contributed by atoms with Crippen LogP contribution in [0.5, 0.6) is 0 Å². The molecule has 0 spiro atoms. The molecule has 0 atom stereocenters. The van der Waals surface area contributed by atoms with Crippen molar-refractivity contribution in [3.8, 4) is 0 Å². The van der Waals surface area contributed by atoms with Gasteiger partial charge in [-0.1, -0.05) is 13.8 Å². The molecule has 0 aliphatic rings. The molecule has 0 heterocycles. The molecular formula is C18H39N5O2. The molecule has 0 aliphatic carbocycles. The van der Waals surface area contributed by atoms with E-state index in [0.29, 0.717) is 6.54 Å². The first-order valence-corrected chi connectivity index (χ1v) is 9.21. The molecule has 7 nitrogen and oxygen atoms in total. The van der Waals surface area contributed by atoms with E-state index in [1.54, 1.807) is 7.05 Å². The largest absolute Gasteiger partial charge is 0.444 e. The molecule has 7 heteroatoms. The maximum absolute atomic E-state index is 11.9. The third kappa shape index (κ3) is 12.5. The number of hydrogen-bond acceptors (Lipinski definition) is 4. The van der Waals surface area contributed by atoms with Crippen molar-refractivity contribution in [1.29, 1.82) is 0 Å². The van der Waals surface area contributed by atoms with Gasteiger partial charge in [-0.3, -0.25) is 4.99 Å². The van der Waals surface area contributed by atoms with Gasteiger partial charge in [-0.25, -0.2) is 4.79 Å². The number of carbonyl (C=O) groups is 1. The first kappa shape index (κ1) is 23.5. The van der Waals surface area contributed by atoms with Crippen molar-refractivity contribution >= 4 is 12.1 Å². The number of likely N-dealkylation sites (N-methyl/N-ethyl adjacent to an activating group) is 1. The van der Waals surface area contributed by atoms with E-state index in [0.717, 1.165) is 38.6 Å². The first-order valence-electron chi connectivity index (χ1n) is 9.21. The fraction of sp³-hybridized carbons (Fsp3) is 0.889. The fourth-order valence-electron chi connectivity index (χ4n) is 2.23. The van der Waals surface area contributed by atoms with Crippen LogP contribution in [0.1, 0.15) is 54.9 Å². The minimum atomic E-state index is -0.505. The van der Waals surface area contributed by atoms with Gasteiger partial charge >= 0.3 is 6.09 Å². The van der Waals surface area contributed by atoms with Crippen LogP contribution in [0, 0.1) is 0 Å². The minimum Gasteiger partial charge on any atom is -0.444 e. The molecule has 0 aromatic carbocycles. The highest BCUT2D eigenvalue weighted by Crippen LogP contribution is 2.09. The Morgan fingerprint density at radius 2 is 1.72 bits per heavy atom. The summed E-state index contributed by atoms with van der Waals surface area (Å²) in [6, 6.07) is 0. The predicted molar refractivity (Wildman–Crippen MR) is 105 cm³/mol. The number of hydrogen-bond donors (Lipinski definition) is 3. The van der Waals surface area contributed by atoms with Crippen molar-refractivity contribution in [2.45, 2.75) is 66.0 Å². The van der Waals surface area contributed by atoms with Crippen molar-refractivity contribution in [2.75, 3.05) is 39.8 Å². The van der Waals surface area contributed by atoms with Gasteiger partial charge in [-0.05, 0) is 54.1 Å². The van der Waals surface area contributed by atoms with Gasteiger partial charge < -0.3 is 25.6 Å². The number of guanidine groups is 1. The fourth-order valence-corrected chi connectivity index (χ4v) is 2.23. The van der Waals surface area contributed by atoms with Crippen LogP contribution in [-0.4, -0.2) is 67.9 Å². The van der Waals surface area contributed by atoms with Crippen molar-refractivity contribution in [1.82, 2.24) is 20.9 Å². The summed E-state index contributed by atoms with van der Waals surface area (Å²) in [5.41, 5.74) is -0.966. The van der Waals surface area contributed by atoms with E-state index in [1.165, 1.54) is 0 Å². The zero-order valence-electron chi connectivity index (χ0n) is 17.5. The molecule has 0 aromatic heterocycles. The number of amides is 1. The van der Waals surface area contributed by atoms with Gasteiger partial charge in [0, 0.05) is 26.7 Å². The molecule has 0 rings (SSSR count). The summed E-state index contributed by atoms with van der Waals surface area (Å²) >= 11 is 0. The Kier molecular flexibility index (Phi) is 10.5. The van der Waals surface area contributed by atoms with Gasteiger partial charge in [0.1, 0.15) is 5.60 Å². The van der Waals surface area contributed by atoms with Gasteiger partial charge in [0.25, 0.3) is 0 Å². The Morgan fingerprint density at radius 3 is 2.20 bits per heavy atom. The molecular weight excluding hydrogens is 318 g/mol. The molecule has 0 radical (unpaired) electrons. The molecule has 0 bridgehead atoms. The van der Waals surface area contributed by atoms with E-state index in [2.05, 4.69) is 39.7 Å². The number of carbonyl (C=O) groups excluding carboxylic acids is 1. The molecule has 0 unspecified atom stereocenters. The van der Waals surface area contributed by atoms with Gasteiger partial charge in [0.15, 0.2) is 5.96 Å². The zero-order chi connectivity index (χ0) is 19.5. The topological polar surface area (TPSA) is 78.0 Å². The van der Waals surface area contributed by atoms with Crippen LogP contribution in [0.2, 0.25) is 0 Å². The number of nitrogens with zero attached hydrogens (tertiary/aromatic N) is 2. The molecule has 25 heavy (non-hydrogen) atoms. The SMILES string of the molecule is CCCN(CC)CCNC(=NC)NCC(C)(C)NC(=O)OC(C)(C)C. The predicted octanol–water partition coefficient (Wildman–Crippen LogP) is 2.19. The van der Waals surface area contributed by atoms with E-state index in [9.17, 15) is 4.79 Å². The lowest BCUT2D eigenvalue weighted by Gasteiger charge is -2.29. The molecule has 0 aromatic rings. The lowest BCUT2D eigenvalue weighted by Crippen LogP contribution is -2.54. The van der Waals surface area contributed by atoms with Crippen molar-refractivity contribution in [3.05, 3.63) is 0 Å². The Bertz CT molecular complexity index is 416. The third-order valence-corrected chi connectivity index (χ3v) is 3.47. The molecule has 0 saturated carbocycles. The van der Waals surface area contributed by atoms with Crippen LogP contribution < -0.4 is 16.0 Å². The number of alkyl carbamates (subject to hydrolysis) is 1. The lowest BCUT2D eigenvalue weighted by molar-refractivity contribution is 0.0474. The average Bonchev–Trinajstić information content (AvgIpc) is 2.46. The van der Waals surface area contributed by atoms with Crippen molar-refractivity contribution in [3.63, 3.8) is 0 Å². The second-order valence-electron chi connectivity index (χ2n) is 7.80. The highest BCUT2D eigenvalue weighted by Gasteiger charge is 2.24. The molecule has 1 amide bonds. The van der Waals surface area contributed by atoms with E-state index in [-0.39, 0.29) is 0 Å². The second kappa shape index (κ2) is 11.2. The Labute approximate surface area is 154 Å². The van der Waals surface area contributed by atoms with Crippen molar-refractivity contribution < 1.29 is 9.53 Å². The number of nitrogens with one attached hydrogen (secondary N) is 3. The third-order valence-electron chi connectivity index (χ3n) is 3.47. The van der Waals surface area contributed by atoms with Crippen LogP contribution in [0.3, 0.4) is 0 Å². The molecule has 3 N–H and O–H groups in total. The highest BCUT2D eigenvalue weighted by molar-refractivity contribution is 5.79. The summed E-state index contributed by atoms with van der Waals surface area (Å²) in [5, 5.41) is 9.44. The Balaban J connectivity index is 4.29. The van der Waals surface area contributed by atoms with E-state index < -0.39 is 17.2 Å². The lowest BCUT2D eigenvalue weighted by atomic mass is 10.1. The van der Waals surface area contributed by atoms with Gasteiger partial charge in [0.2, 0.25) is 0 Å². The highest BCUT2D eigenvalue weighted by atomic mass is 16.6. The number of aliphatic imine (C=N–C) groups is 1. The van der Waals surface area contributed by atoms with Crippen molar-refractivity contribution in [2.24, 2.45) is 4.99 Å². The normalized spacial score (nSPS) is 12.9. The molecule has 0 saturated heterocycles. The van der Waals surface area contributed by atoms with Gasteiger partial charge in [0.05, 0.1) is 5.54 Å². The summed E-state index contributed by atoms with van der Waals surface area (Å²) in [5.74, 6) is 0.728. The zero-order valence-corrected chi connectivity index (χ0v) is 17.5.